The van der Waals surface area contributed by atoms with Crippen molar-refractivity contribution < 1.29 is 9.53 Å². The lowest BCUT2D eigenvalue weighted by molar-refractivity contribution is 0.249. The minimum Gasteiger partial charge on any atom is -0.495 e. The van der Waals surface area contributed by atoms with Crippen molar-refractivity contribution in [3.05, 3.63) is 41.2 Å². The number of halogens is 1. The van der Waals surface area contributed by atoms with Crippen molar-refractivity contribution in [3.63, 3.8) is 0 Å². The second-order valence-electron chi connectivity index (χ2n) is 4.61. The van der Waals surface area contributed by atoms with Crippen molar-refractivity contribution in [3.8, 4) is 5.75 Å². The molecule has 2 amide bonds. The Balaban J connectivity index is 2.03. The normalized spacial score (nSPS) is 11.8. The average molecular weight is 309 g/mol. The molecule has 6 nitrogen and oxygen atoms in total. The quantitative estimate of drug-likeness (QED) is 0.912. The maximum atomic E-state index is 12.0. The summed E-state index contributed by atoms with van der Waals surface area (Å²) < 4.78 is 6.87. The van der Waals surface area contributed by atoms with Crippen LogP contribution in [-0.4, -0.2) is 22.9 Å². The molecule has 7 heteroatoms. The third-order valence-corrected chi connectivity index (χ3v) is 3.22. The second-order valence-corrected chi connectivity index (χ2v) is 5.05. The molecule has 1 aromatic carbocycles. The number of methoxy groups -OCH3 is 1. The Bertz CT molecular complexity index is 642. The highest BCUT2D eigenvalue weighted by Crippen LogP contribution is 2.27. The van der Waals surface area contributed by atoms with Crippen molar-refractivity contribution in [2.24, 2.45) is 7.05 Å². The van der Waals surface area contributed by atoms with Gasteiger partial charge < -0.3 is 15.4 Å². The minimum absolute atomic E-state index is 0.163. The van der Waals surface area contributed by atoms with Crippen molar-refractivity contribution >= 4 is 23.3 Å². The zero-order chi connectivity index (χ0) is 15.4. The lowest BCUT2D eigenvalue weighted by Gasteiger charge is -2.15. The first-order valence-electron chi connectivity index (χ1n) is 6.39. The molecule has 0 radical (unpaired) electrons. The highest BCUT2D eigenvalue weighted by molar-refractivity contribution is 6.31. The average Bonchev–Trinajstić information content (AvgIpc) is 2.85. The molecular formula is C14H17ClN4O2. The number of rotatable bonds is 4. The molecule has 2 rings (SSSR count). The van der Waals surface area contributed by atoms with Gasteiger partial charge in [0.25, 0.3) is 0 Å². The van der Waals surface area contributed by atoms with Crippen LogP contribution in [0.15, 0.2) is 30.6 Å². The van der Waals surface area contributed by atoms with Gasteiger partial charge in [-0.25, -0.2) is 4.79 Å². The molecule has 0 spiro atoms. The van der Waals surface area contributed by atoms with E-state index in [1.165, 1.54) is 7.11 Å². The second kappa shape index (κ2) is 6.49. The van der Waals surface area contributed by atoms with Crippen LogP contribution in [0.5, 0.6) is 5.75 Å². The van der Waals surface area contributed by atoms with Crippen LogP contribution in [0.2, 0.25) is 5.02 Å². The summed E-state index contributed by atoms with van der Waals surface area (Å²) in [6.07, 6.45) is 3.57. The van der Waals surface area contributed by atoms with Crippen LogP contribution in [0, 0.1) is 0 Å². The monoisotopic (exact) mass is 308 g/mol. The van der Waals surface area contributed by atoms with E-state index < -0.39 is 0 Å². The molecule has 1 unspecified atom stereocenters. The minimum atomic E-state index is -0.341. The maximum absolute atomic E-state index is 12.0. The molecule has 112 valence electrons. The van der Waals surface area contributed by atoms with Crippen LogP contribution in [0.3, 0.4) is 0 Å². The Labute approximate surface area is 128 Å². The van der Waals surface area contributed by atoms with Crippen molar-refractivity contribution in [1.29, 1.82) is 0 Å². The number of carbonyl (C=O) groups excluding carboxylic acids is 1. The summed E-state index contributed by atoms with van der Waals surface area (Å²) in [6, 6.07) is 4.52. The van der Waals surface area contributed by atoms with Gasteiger partial charge in [0.1, 0.15) is 5.75 Å². The van der Waals surface area contributed by atoms with Crippen LogP contribution in [0.25, 0.3) is 0 Å². The van der Waals surface area contributed by atoms with Gasteiger partial charge in [-0.15, -0.1) is 0 Å². The van der Waals surface area contributed by atoms with E-state index in [2.05, 4.69) is 15.7 Å². The summed E-state index contributed by atoms with van der Waals surface area (Å²) in [7, 11) is 3.36. The molecule has 0 aliphatic rings. The maximum Gasteiger partial charge on any atom is 0.319 e. The number of aromatic nitrogens is 2. The number of nitrogens with zero attached hydrogens (tertiary/aromatic N) is 2. The van der Waals surface area contributed by atoms with Crippen LogP contribution < -0.4 is 15.4 Å². The van der Waals surface area contributed by atoms with Crippen LogP contribution in [0.1, 0.15) is 18.5 Å². The first-order valence-corrected chi connectivity index (χ1v) is 6.77. The number of benzene rings is 1. The van der Waals surface area contributed by atoms with E-state index in [-0.39, 0.29) is 12.1 Å². The largest absolute Gasteiger partial charge is 0.495 e. The van der Waals surface area contributed by atoms with E-state index in [0.717, 1.165) is 5.56 Å². The number of carbonyl (C=O) groups is 1. The van der Waals surface area contributed by atoms with E-state index >= 15 is 0 Å². The van der Waals surface area contributed by atoms with E-state index in [0.29, 0.717) is 16.5 Å². The molecule has 0 saturated heterocycles. The Morgan fingerprint density at radius 3 is 2.86 bits per heavy atom. The molecule has 2 N–H and O–H groups in total. The summed E-state index contributed by atoms with van der Waals surface area (Å²) in [6.45, 7) is 1.88. The van der Waals surface area contributed by atoms with E-state index in [9.17, 15) is 4.79 Å². The summed E-state index contributed by atoms with van der Waals surface area (Å²) in [4.78, 5) is 12.0. The van der Waals surface area contributed by atoms with Gasteiger partial charge in [-0.05, 0) is 25.1 Å². The van der Waals surface area contributed by atoms with Crippen molar-refractivity contribution in [2.45, 2.75) is 13.0 Å². The summed E-state index contributed by atoms with van der Waals surface area (Å²) in [5, 5.41) is 10.1. The number of urea groups is 1. The molecule has 1 aromatic heterocycles. The molecule has 0 aliphatic carbocycles. The Morgan fingerprint density at radius 1 is 1.48 bits per heavy atom. The van der Waals surface area contributed by atoms with Gasteiger partial charge in [0.15, 0.2) is 0 Å². The zero-order valence-electron chi connectivity index (χ0n) is 12.1. The molecule has 0 aliphatic heterocycles. The Kier molecular flexibility index (Phi) is 4.70. The number of amides is 2. The van der Waals surface area contributed by atoms with Gasteiger partial charge >= 0.3 is 6.03 Å². The van der Waals surface area contributed by atoms with Crippen molar-refractivity contribution in [1.82, 2.24) is 15.1 Å². The molecule has 21 heavy (non-hydrogen) atoms. The number of hydrogen-bond donors (Lipinski definition) is 2. The third kappa shape index (κ3) is 3.88. The van der Waals surface area contributed by atoms with Gasteiger partial charge in [0, 0.05) is 23.8 Å². The molecule has 0 saturated carbocycles. The summed E-state index contributed by atoms with van der Waals surface area (Å²) in [5.74, 6) is 0.545. The summed E-state index contributed by atoms with van der Waals surface area (Å²) >= 11 is 5.92. The SMILES string of the molecule is COc1ccc(Cl)cc1NC(=O)NC(C)c1cnn(C)c1. The van der Waals surface area contributed by atoms with Gasteiger partial charge in [0.05, 0.1) is 25.0 Å². The molecule has 0 bridgehead atoms. The Hall–Kier alpha value is -2.21. The van der Waals surface area contributed by atoms with Gasteiger partial charge in [-0.1, -0.05) is 11.6 Å². The third-order valence-electron chi connectivity index (χ3n) is 2.98. The van der Waals surface area contributed by atoms with Crippen LogP contribution in [0.4, 0.5) is 10.5 Å². The lowest BCUT2D eigenvalue weighted by atomic mass is 10.2. The first kappa shape index (κ1) is 15.2. The fourth-order valence-corrected chi connectivity index (χ4v) is 2.05. The van der Waals surface area contributed by atoms with Crippen LogP contribution >= 0.6 is 11.6 Å². The molecule has 2 aromatic rings. The standard InChI is InChI=1S/C14H17ClN4O2/c1-9(10-7-16-19(2)8-10)17-14(20)18-12-6-11(15)4-5-13(12)21-3/h4-9H,1-3H3,(H2,17,18,20). The van der Waals surface area contributed by atoms with Gasteiger partial charge in [-0.2, -0.15) is 5.10 Å². The number of ether oxygens (including phenoxy) is 1. The number of nitrogens with one attached hydrogen (secondary N) is 2. The molecular weight excluding hydrogens is 292 g/mol. The molecule has 1 atom stereocenters. The Morgan fingerprint density at radius 2 is 2.24 bits per heavy atom. The predicted molar refractivity (Wildman–Crippen MR) is 81.8 cm³/mol. The number of anilines is 1. The fourth-order valence-electron chi connectivity index (χ4n) is 1.88. The van der Waals surface area contributed by atoms with Crippen LogP contribution in [-0.2, 0) is 7.05 Å². The topological polar surface area (TPSA) is 68.2 Å². The smallest absolute Gasteiger partial charge is 0.319 e. The van der Waals surface area contributed by atoms with Gasteiger partial charge in [-0.3, -0.25) is 4.68 Å². The molecule has 0 fully saturated rings. The summed E-state index contributed by atoms with van der Waals surface area (Å²) in [5.41, 5.74) is 1.44. The van der Waals surface area contributed by atoms with E-state index in [4.69, 9.17) is 16.3 Å². The highest BCUT2D eigenvalue weighted by Gasteiger charge is 2.13. The van der Waals surface area contributed by atoms with E-state index in [1.54, 1.807) is 29.1 Å². The van der Waals surface area contributed by atoms with Crippen molar-refractivity contribution in [2.75, 3.05) is 12.4 Å². The fraction of sp³-hybridized carbons (Fsp3) is 0.286. The van der Waals surface area contributed by atoms with E-state index in [1.807, 2.05) is 20.2 Å². The zero-order valence-corrected chi connectivity index (χ0v) is 12.8. The first-order chi connectivity index (χ1) is 9.99. The van der Waals surface area contributed by atoms with Gasteiger partial charge in [0.2, 0.25) is 0 Å². The predicted octanol–water partition coefficient (Wildman–Crippen LogP) is 2.96. The lowest BCUT2D eigenvalue weighted by Crippen LogP contribution is -2.31. The number of hydrogen-bond acceptors (Lipinski definition) is 3. The highest BCUT2D eigenvalue weighted by atomic mass is 35.5. The molecule has 1 heterocycles. The number of aryl methyl sites for hydroxylation is 1.